The van der Waals surface area contributed by atoms with Gasteiger partial charge < -0.3 is 20.7 Å². The van der Waals surface area contributed by atoms with Crippen molar-refractivity contribution in [2.75, 3.05) is 29.2 Å². The highest BCUT2D eigenvalue weighted by Crippen LogP contribution is 2.38. The Balaban J connectivity index is 2.03. The molecule has 2 aromatic carbocycles. The molecule has 174 valence electrons. The van der Waals surface area contributed by atoms with E-state index >= 15 is 0 Å². The standard InChI is InChI=1S/C24H28N4O5/c1-14(29)26-15-6-8-16(9-7-15)27-22(31)18-12-17(28-20(30)10-11-25-23(28)32)13-19(21(18)33-5)24(2,3)4/h6-9,12-13H,10-11H2,1-5H3,(H,25,32)(H,26,29)(H,27,31). The van der Waals surface area contributed by atoms with Crippen LogP contribution < -0.4 is 25.6 Å². The van der Waals surface area contributed by atoms with Gasteiger partial charge in [0.2, 0.25) is 11.8 Å². The van der Waals surface area contributed by atoms with Crippen molar-refractivity contribution >= 4 is 40.8 Å². The number of carbonyl (C=O) groups excluding carboxylic acids is 4. The van der Waals surface area contributed by atoms with E-state index in [0.29, 0.717) is 28.4 Å². The first kappa shape index (κ1) is 23.8. The molecule has 1 heterocycles. The number of nitrogens with zero attached hydrogens (tertiary/aromatic N) is 1. The molecule has 0 saturated carbocycles. The minimum absolute atomic E-state index is 0.171. The Morgan fingerprint density at radius 2 is 1.64 bits per heavy atom. The molecule has 5 amide bonds. The number of anilines is 3. The van der Waals surface area contributed by atoms with Gasteiger partial charge in [-0.05, 0) is 41.8 Å². The van der Waals surface area contributed by atoms with E-state index in [1.807, 2.05) is 20.8 Å². The molecule has 3 N–H and O–H groups in total. The molecule has 9 nitrogen and oxygen atoms in total. The maximum Gasteiger partial charge on any atom is 0.328 e. The van der Waals surface area contributed by atoms with Crippen molar-refractivity contribution in [3.05, 3.63) is 47.5 Å². The highest BCUT2D eigenvalue weighted by Gasteiger charge is 2.32. The van der Waals surface area contributed by atoms with E-state index in [1.165, 1.54) is 20.1 Å². The Hall–Kier alpha value is -3.88. The number of hydrogen-bond acceptors (Lipinski definition) is 5. The predicted octanol–water partition coefficient (Wildman–Crippen LogP) is 3.65. The van der Waals surface area contributed by atoms with Crippen LogP contribution in [0.3, 0.4) is 0 Å². The quantitative estimate of drug-likeness (QED) is 0.640. The maximum atomic E-state index is 13.3. The number of amides is 5. The first-order chi connectivity index (χ1) is 15.5. The molecule has 1 fully saturated rings. The van der Waals surface area contributed by atoms with Crippen molar-refractivity contribution in [2.24, 2.45) is 0 Å². The molecule has 1 saturated heterocycles. The zero-order valence-corrected chi connectivity index (χ0v) is 19.4. The molecule has 0 atom stereocenters. The summed E-state index contributed by atoms with van der Waals surface area (Å²) in [5, 5.41) is 8.13. The fraction of sp³-hybridized carbons (Fsp3) is 0.333. The van der Waals surface area contributed by atoms with E-state index in [-0.39, 0.29) is 30.3 Å². The fourth-order valence-electron chi connectivity index (χ4n) is 3.57. The molecule has 0 radical (unpaired) electrons. The summed E-state index contributed by atoms with van der Waals surface area (Å²) in [6, 6.07) is 9.32. The van der Waals surface area contributed by atoms with Gasteiger partial charge in [-0.15, -0.1) is 0 Å². The Morgan fingerprint density at radius 3 is 2.15 bits per heavy atom. The Kier molecular flexibility index (Phi) is 6.71. The van der Waals surface area contributed by atoms with Gasteiger partial charge in [0.25, 0.3) is 5.91 Å². The van der Waals surface area contributed by atoms with Gasteiger partial charge in [0, 0.05) is 36.8 Å². The van der Waals surface area contributed by atoms with Gasteiger partial charge in [-0.3, -0.25) is 14.4 Å². The van der Waals surface area contributed by atoms with Crippen LogP contribution in [0.25, 0.3) is 0 Å². The lowest BCUT2D eigenvalue weighted by atomic mass is 9.84. The number of nitrogens with one attached hydrogen (secondary N) is 3. The molecule has 0 unspecified atom stereocenters. The van der Waals surface area contributed by atoms with Crippen molar-refractivity contribution < 1.29 is 23.9 Å². The van der Waals surface area contributed by atoms with Gasteiger partial charge in [0.1, 0.15) is 5.75 Å². The molecule has 3 rings (SSSR count). The zero-order chi connectivity index (χ0) is 24.3. The second kappa shape index (κ2) is 9.32. The van der Waals surface area contributed by atoms with Gasteiger partial charge in [0.15, 0.2) is 0 Å². The van der Waals surface area contributed by atoms with Crippen LogP contribution in [0.15, 0.2) is 36.4 Å². The average Bonchev–Trinajstić information content (AvgIpc) is 2.73. The second-order valence-corrected chi connectivity index (χ2v) is 8.75. The third-order valence-electron chi connectivity index (χ3n) is 5.12. The third kappa shape index (κ3) is 5.31. The molecule has 1 aliphatic rings. The van der Waals surface area contributed by atoms with Crippen LogP contribution in [0, 0.1) is 0 Å². The molecular formula is C24H28N4O5. The Bertz CT molecular complexity index is 1090. The Morgan fingerprint density at radius 1 is 1.03 bits per heavy atom. The van der Waals surface area contributed by atoms with Crippen molar-refractivity contribution in [2.45, 2.75) is 39.5 Å². The monoisotopic (exact) mass is 452 g/mol. The van der Waals surface area contributed by atoms with Gasteiger partial charge in [-0.2, -0.15) is 0 Å². The number of benzene rings is 2. The summed E-state index contributed by atoms with van der Waals surface area (Å²) in [6.07, 6.45) is 0.171. The van der Waals surface area contributed by atoms with Crippen LogP contribution in [0.1, 0.15) is 50.0 Å². The number of imide groups is 1. The summed E-state index contributed by atoms with van der Waals surface area (Å²) < 4.78 is 5.61. The topological polar surface area (TPSA) is 117 Å². The van der Waals surface area contributed by atoms with Crippen molar-refractivity contribution in [1.82, 2.24) is 5.32 Å². The van der Waals surface area contributed by atoms with Crippen LogP contribution in [-0.4, -0.2) is 37.4 Å². The molecule has 0 aliphatic carbocycles. The van der Waals surface area contributed by atoms with Crippen LogP contribution in [0.2, 0.25) is 0 Å². The average molecular weight is 453 g/mol. The summed E-state index contributed by atoms with van der Waals surface area (Å²) in [5.74, 6) is -0.636. The molecular weight excluding hydrogens is 424 g/mol. The predicted molar refractivity (Wildman–Crippen MR) is 126 cm³/mol. The van der Waals surface area contributed by atoms with E-state index < -0.39 is 17.4 Å². The summed E-state index contributed by atoms with van der Waals surface area (Å²) in [5.41, 5.74) is 1.84. The summed E-state index contributed by atoms with van der Waals surface area (Å²) >= 11 is 0. The molecule has 0 aromatic heterocycles. The Labute approximate surface area is 192 Å². The molecule has 1 aliphatic heterocycles. The summed E-state index contributed by atoms with van der Waals surface area (Å²) in [6.45, 7) is 7.55. The van der Waals surface area contributed by atoms with Crippen LogP contribution in [0.5, 0.6) is 5.75 Å². The van der Waals surface area contributed by atoms with Gasteiger partial charge in [0.05, 0.1) is 18.4 Å². The molecule has 33 heavy (non-hydrogen) atoms. The number of methoxy groups -OCH3 is 1. The largest absolute Gasteiger partial charge is 0.496 e. The smallest absolute Gasteiger partial charge is 0.328 e. The fourth-order valence-corrected chi connectivity index (χ4v) is 3.57. The van der Waals surface area contributed by atoms with Crippen LogP contribution in [0.4, 0.5) is 21.9 Å². The lowest BCUT2D eigenvalue weighted by Crippen LogP contribution is -2.50. The van der Waals surface area contributed by atoms with Gasteiger partial charge >= 0.3 is 6.03 Å². The maximum absolute atomic E-state index is 13.3. The van der Waals surface area contributed by atoms with Gasteiger partial charge in [-0.25, -0.2) is 9.69 Å². The second-order valence-electron chi connectivity index (χ2n) is 8.75. The highest BCUT2D eigenvalue weighted by molar-refractivity contribution is 6.17. The minimum atomic E-state index is -0.531. The molecule has 2 aromatic rings. The SMILES string of the molecule is COc1c(C(=O)Nc2ccc(NC(C)=O)cc2)cc(N2C(=O)CCNC2=O)cc1C(C)(C)C. The lowest BCUT2D eigenvalue weighted by molar-refractivity contribution is -0.118. The zero-order valence-electron chi connectivity index (χ0n) is 19.4. The van der Waals surface area contributed by atoms with E-state index in [9.17, 15) is 19.2 Å². The number of ether oxygens (including phenoxy) is 1. The number of carbonyl (C=O) groups is 4. The first-order valence-electron chi connectivity index (χ1n) is 10.5. The minimum Gasteiger partial charge on any atom is -0.496 e. The van der Waals surface area contributed by atoms with Crippen molar-refractivity contribution in [1.29, 1.82) is 0 Å². The molecule has 0 bridgehead atoms. The first-order valence-corrected chi connectivity index (χ1v) is 10.5. The number of hydrogen-bond donors (Lipinski definition) is 3. The van der Waals surface area contributed by atoms with E-state index in [0.717, 1.165) is 4.90 Å². The van der Waals surface area contributed by atoms with E-state index in [2.05, 4.69) is 16.0 Å². The lowest BCUT2D eigenvalue weighted by Gasteiger charge is -2.30. The normalized spacial score (nSPS) is 13.9. The third-order valence-corrected chi connectivity index (χ3v) is 5.12. The van der Waals surface area contributed by atoms with Crippen molar-refractivity contribution in [3.8, 4) is 5.75 Å². The summed E-state index contributed by atoms with van der Waals surface area (Å²) in [4.78, 5) is 50.5. The number of rotatable bonds is 5. The number of urea groups is 1. The van der Waals surface area contributed by atoms with Gasteiger partial charge in [-0.1, -0.05) is 20.8 Å². The highest BCUT2D eigenvalue weighted by atomic mass is 16.5. The van der Waals surface area contributed by atoms with Crippen LogP contribution >= 0.6 is 0 Å². The van der Waals surface area contributed by atoms with E-state index in [4.69, 9.17) is 4.74 Å². The molecule has 9 heteroatoms. The van der Waals surface area contributed by atoms with E-state index in [1.54, 1.807) is 30.3 Å². The van der Waals surface area contributed by atoms with Crippen molar-refractivity contribution in [3.63, 3.8) is 0 Å². The van der Waals surface area contributed by atoms with Crippen LogP contribution in [-0.2, 0) is 15.0 Å². The molecule has 0 spiro atoms. The summed E-state index contributed by atoms with van der Waals surface area (Å²) in [7, 11) is 1.47.